The maximum absolute atomic E-state index is 14.8. The molecule has 12 nitrogen and oxygen atoms in total. The molecule has 4 saturated carbocycles. The summed E-state index contributed by atoms with van der Waals surface area (Å²) in [6.07, 6.45) is 9.21. The number of carbonyl (C=O) groups is 3. The number of methoxy groups -OCH3 is 1. The van der Waals surface area contributed by atoms with Crippen LogP contribution in [0.2, 0.25) is 0 Å². The maximum atomic E-state index is 14.8. The minimum atomic E-state index is -4.24. The first kappa shape index (κ1) is 39.5. The van der Waals surface area contributed by atoms with Crippen molar-refractivity contribution in [3.8, 4) is 0 Å². The molecule has 0 spiro atoms. The van der Waals surface area contributed by atoms with Crippen molar-refractivity contribution in [2.24, 2.45) is 50.2 Å². The highest BCUT2D eigenvalue weighted by Crippen LogP contribution is 2.75. The van der Waals surface area contributed by atoms with Crippen LogP contribution < -0.4 is 10.2 Å². The highest BCUT2D eigenvalue weighted by Gasteiger charge is 2.70. The average molecular weight is 780 g/mol. The van der Waals surface area contributed by atoms with E-state index in [9.17, 15) is 28.0 Å². The van der Waals surface area contributed by atoms with Gasteiger partial charge in [0, 0.05) is 17.9 Å². The van der Waals surface area contributed by atoms with Crippen LogP contribution in [-0.2, 0) is 33.7 Å². The number of hydrogen-bond donors (Lipinski definition) is 1. The molecule has 5 aliphatic rings. The van der Waals surface area contributed by atoms with Crippen LogP contribution in [0, 0.1) is 55.5 Å². The number of ether oxygens (including phenoxy) is 2. The summed E-state index contributed by atoms with van der Waals surface area (Å²) in [6.45, 7) is 15.7. The SMILES string of the molecule is COC(=O)[C@@]1(C)CC[C@]2(C)CC[C@]3(C)C(=CC(=O)[C@@H]4[C@@]5(C)CC[C@H](OC(=O)CCNc6no[n+]([O-])c6S(=O)(=O)c6ccccc6)C(C)(C)[C@@H]5CC[C@]43C)[C@@H]2C1. The fourth-order valence-electron chi connectivity index (χ4n) is 12.6. The number of nitrogens with zero attached hydrogens (tertiary/aromatic N) is 2. The molecule has 4 fully saturated rings. The molecule has 0 bridgehead atoms. The third-order valence-electron chi connectivity index (χ3n) is 16.0. The summed E-state index contributed by atoms with van der Waals surface area (Å²) in [5.41, 5.74) is -0.458. The van der Waals surface area contributed by atoms with Crippen molar-refractivity contribution in [3.05, 3.63) is 47.2 Å². The second-order valence-electron chi connectivity index (χ2n) is 19.2. The average Bonchev–Trinajstić information content (AvgIpc) is 3.51. The molecule has 300 valence electrons. The van der Waals surface area contributed by atoms with Gasteiger partial charge in [-0.25, -0.2) is 8.42 Å². The van der Waals surface area contributed by atoms with Crippen LogP contribution in [0.1, 0.15) is 113 Å². The van der Waals surface area contributed by atoms with Gasteiger partial charge in [0.15, 0.2) is 5.78 Å². The molecule has 9 atom stereocenters. The lowest BCUT2D eigenvalue weighted by Gasteiger charge is -2.70. The number of rotatable bonds is 8. The molecule has 55 heavy (non-hydrogen) atoms. The molecule has 0 aliphatic heterocycles. The number of nitrogens with one attached hydrogen (secondary N) is 1. The fraction of sp³-hybridized carbons (Fsp3) is 0.690. The topological polar surface area (TPSA) is 169 Å². The minimum Gasteiger partial charge on any atom is -0.469 e. The zero-order valence-corrected chi connectivity index (χ0v) is 34.3. The quantitative estimate of drug-likeness (QED) is 0.216. The van der Waals surface area contributed by atoms with E-state index < -0.39 is 31.7 Å². The third-order valence-corrected chi connectivity index (χ3v) is 17.7. The Kier molecular flexibility index (Phi) is 9.45. The number of sulfone groups is 1. The van der Waals surface area contributed by atoms with Gasteiger partial charge in [0.2, 0.25) is 0 Å². The molecule has 13 heteroatoms. The first-order chi connectivity index (χ1) is 25.7. The van der Waals surface area contributed by atoms with Gasteiger partial charge < -0.3 is 20.0 Å². The molecule has 0 saturated heterocycles. The number of esters is 2. The maximum Gasteiger partial charge on any atom is 0.338 e. The standard InChI is InChI=1S/C42H57N3O9S/c1-37(2)30-14-18-42(7)33(29(46)24-27-28-25-39(4,36(48)52-8)20-19-38(28,3)21-22-41(27,42)6)40(30,5)17-15-31(37)53-32(47)16-23-43-34-35(45(49)54-44-34)55(50,51)26-12-10-9-11-13-26/h9-13,24,28,30-31,33H,14-23,25H2,1-8H3,(H,43,44)/t28-,30-,31-,33+,38+,39-,40-,41+,42+/m0/s1. The van der Waals surface area contributed by atoms with Crippen LogP contribution in [0.3, 0.4) is 0 Å². The van der Waals surface area contributed by atoms with E-state index >= 15 is 0 Å². The predicted molar refractivity (Wildman–Crippen MR) is 202 cm³/mol. The van der Waals surface area contributed by atoms with Crippen molar-refractivity contribution in [1.82, 2.24) is 5.16 Å². The van der Waals surface area contributed by atoms with E-state index in [0.717, 1.165) is 44.9 Å². The first-order valence-corrected chi connectivity index (χ1v) is 21.3. The van der Waals surface area contributed by atoms with E-state index in [1.165, 1.54) is 24.8 Å². The fourth-order valence-corrected chi connectivity index (χ4v) is 13.9. The predicted octanol–water partition coefficient (Wildman–Crippen LogP) is 7.01. The van der Waals surface area contributed by atoms with Gasteiger partial charge in [0.1, 0.15) is 6.10 Å². The highest BCUT2D eigenvalue weighted by molar-refractivity contribution is 7.91. The lowest BCUT2D eigenvalue weighted by Crippen LogP contribution is -2.66. The van der Waals surface area contributed by atoms with Gasteiger partial charge in [-0.15, -0.1) is 0 Å². The summed E-state index contributed by atoms with van der Waals surface area (Å²) >= 11 is 0. The Morgan fingerprint density at radius 2 is 1.67 bits per heavy atom. The van der Waals surface area contributed by atoms with Crippen molar-refractivity contribution < 1.29 is 41.8 Å². The van der Waals surface area contributed by atoms with Crippen LogP contribution in [-0.4, -0.2) is 51.1 Å². The molecule has 1 heterocycles. The number of ketones is 1. The van der Waals surface area contributed by atoms with E-state index in [-0.39, 0.29) is 85.9 Å². The van der Waals surface area contributed by atoms with E-state index in [1.54, 1.807) is 18.2 Å². The molecule has 1 N–H and O–H groups in total. The van der Waals surface area contributed by atoms with Gasteiger partial charge in [-0.05, 0) is 121 Å². The van der Waals surface area contributed by atoms with Crippen LogP contribution in [0.4, 0.5) is 5.82 Å². The molecule has 0 radical (unpaired) electrons. The van der Waals surface area contributed by atoms with Crippen molar-refractivity contribution in [1.29, 1.82) is 0 Å². The number of carbonyl (C=O) groups excluding carboxylic acids is 3. The number of hydrogen-bond acceptors (Lipinski definition) is 11. The Labute approximate surface area is 324 Å². The summed E-state index contributed by atoms with van der Waals surface area (Å²) in [6, 6.07) is 7.50. The Morgan fingerprint density at radius 1 is 0.982 bits per heavy atom. The Morgan fingerprint density at radius 3 is 2.36 bits per heavy atom. The Hall–Kier alpha value is -3.74. The van der Waals surface area contributed by atoms with Crippen LogP contribution in [0.15, 0.2) is 56.5 Å². The van der Waals surface area contributed by atoms with Crippen molar-refractivity contribution in [2.75, 3.05) is 19.0 Å². The van der Waals surface area contributed by atoms with Crippen LogP contribution in [0.25, 0.3) is 0 Å². The lowest BCUT2D eigenvalue weighted by molar-refractivity contribution is -0.832. The molecule has 1 aromatic heterocycles. The Balaban J connectivity index is 1.07. The van der Waals surface area contributed by atoms with E-state index in [0.29, 0.717) is 12.8 Å². The van der Waals surface area contributed by atoms with Crippen LogP contribution >= 0.6 is 0 Å². The molecule has 1 aromatic carbocycles. The second kappa shape index (κ2) is 13.2. The van der Waals surface area contributed by atoms with Crippen molar-refractivity contribution >= 4 is 33.4 Å². The van der Waals surface area contributed by atoms with Crippen molar-refractivity contribution in [3.63, 3.8) is 0 Å². The largest absolute Gasteiger partial charge is 0.469 e. The van der Waals surface area contributed by atoms with E-state index in [4.69, 9.17) is 9.47 Å². The first-order valence-electron chi connectivity index (χ1n) is 19.9. The van der Waals surface area contributed by atoms with Gasteiger partial charge in [-0.1, -0.05) is 65.3 Å². The summed E-state index contributed by atoms with van der Waals surface area (Å²) in [7, 11) is -2.77. The van der Waals surface area contributed by atoms with E-state index in [1.807, 2.05) is 13.0 Å². The molecule has 2 aromatic rings. The summed E-state index contributed by atoms with van der Waals surface area (Å²) in [5, 5.41) is 18.0. The van der Waals surface area contributed by atoms with Crippen molar-refractivity contribution in [2.45, 2.75) is 129 Å². The van der Waals surface area contributed by atoms with Gasteiger partial charge in [-0.2, -0.15) is 0 Å². The zero-order chi connectivity index (χ0) is 40.0. The second-order valence-corrected chi connectivity index (χ2v) is 21.0. The highest BCUT2D eigenvalue weighted by atomic mass is 32.2. The molecular weight excluding hydrogens is 723 g/mol. The van der Waals surface area contributed by atoms with E-state index in [2.05, 4.69) is 56.6 Å². The number of benzene rings is 1. The molecule has 0 unspecified atom stereocenters. The molecule has 0 amide bonds. The smallest absolute Gasteiger partial charge is 0.338 e. The number of allylic oxidation sites excluding steroid dienone is 2. The monoisotopic (exact) mass is 779 g/mol. The van der Waals surface area contributed by atoms with Gasteiger partial charge in [0.05, 0.1) is 29.0 Å². The Bertz CT molecular complexity index is 2030. The van der Waals surface area contributed by atoms with Gasteiger partial charge >= 0.3 is 22.8 Å². The third kappa shape index (κ3) is 5.87. The van der Waals surface area contributed by atoms with Crippen LogP contribution in [0.5, 0.6) is 0 Å². The molecule has 7 rings (SSSR count). The number of anilines is 1. The van der Waals surface area contributed by atoms with Gasteiger partial charge in [-0.3, -0.25) is 19.0 Å². The summed E-state index contributed by atoms with van der Waals surface area (Å²) in [4.78, 5) is 40.9. The normalized spacial score (nSPS) is 38.0. The zero-order valence-electron chi connectivity index (χ0n) is 33.5. The lowest BCUT2D eigenvalue weighted by atomic mass is 9.33. The minimum absolute atomic E-state index is 0.0298. The number of aromatic nitrogens is 2. The number of fused-ring (bicyclic) bond motifs is 7. The molecule has 5 aliphatic carbocycles. The summed E-state index contributed by atoms with van der Waals surface area (Å²) in [5.74, 6) is -0.598. The summed E-state index contributed by atoms with van der Waals surface area (Å²) < 4.78 is 42.4. The van der Waals surface area contributed by atoms with Gasteiger partial charge in [0.25, 0.3) is 9.84 Å². The molecular formula is C42H57N3O9S.